The number of phenolic OH excluding ortho intramolecular Hbond substituents is 2. The van der Waals surface area contributed by atoms with Gasteiger partial charge in [-0.25, -0.2) is 0 Å². The predicted octanol–water partition coefficient (Wildman–Crippen LogP) is 4.55. The Kier molecular flexibility index (Phi) is 4.26. The molecule has 0 saturated heterocycles. The van der Waals surface area contributed by atoms with E-state index in [-0.39, 0.29) is 0 Å². The molecule has 3 aromatic carbocycles. The van der Waals surface area contributed by atoms with E-state index in [1.165, 1.54) is 0 Å². The van der Waals surface area contributed by atoms with E-state index in [0.29, 0.717) is 11.5 Å². The van der Waals surface area contributed by atoms with E-state index in [1.807, 2.05) is 62.4 Å². The minimum Gasteiger partial charge on any atom is -0.508 e. The SMILES string of the molecule is Cc1cccc(O)c1C.Oc1cccc2ccccc12. The Hall–Kier alpha value is -2.48. The highest BCUT2D eigenvalue weighted by Crippen LogP contribution is 2.23. The summed E-state index contributed by atoms with van der Waals surface area (Å²) in [5.41, 5.74) is 2.10. The van der Waals surface area contributed by atoms with Gasteiger partial charge in [-0.05, 0) is 42.5 Å². The number of aryl methyl sites for hydroxylation is 1. The highest BCUT2D eigenvalue weighted by atomic mass is 16.3. The molecule has 0 heterocycles. The molecule has 0 aromatic heterocycles. The molecule has 0 spiro atoms. The molecule has 0 radical (unpaired) electrons. The van der Waals surface area contributed by atoms with Crippen molar-refractivity contribution >= 4 is 10.8 Å². The Morgan fingerprint density at radius 3 is 1.90 bits per heavy atom. The standard InChI is InChI=1S/C10H8O.C8H10O/c11-10-7-3-5-8-4-1-2-6-9(8)10;1-6-4-3-5-8(9)7(6)2/h1-7,11H;3-5,9H,1-2H3. The third-order valence-electron chi connectivity index (χ3n) is 3.34. The van der Waals surface area contributed by atoms with Crippen molar-refractivity contribution in [3.8, 4) is 11.5 Å². The fraction of sp³-hybridized carbons (Fsp3) is 0.111. The number of phenols is 2. The number of hydrogen-bond acceptors (Lipinski definition) is 2. The smallest absolute Gasteiger partial charge is 0.123 e. The molecule has 0 aliphatic carbocycles. The molecule has 3 rings (SSSR count). The summed E-state index contributed by atoms with van der Waals surface area (Å²) < 4.78 is 0. The van der Waals surface area contributed by atoms with Gasteiger partial charge < -0.3 is 10.2 Å². The first-order valence-electron chi connectivity index (χ1n) is 6.51. The molecule has 2 nitrogen and oxygen atoms in total. The first-order chi connectivity index (χ1) is 9.59. The zero-order valence-electron chi connectivity index (χ0n) is 11.7. The van der Waals surface area contributed by atoms with Crippen molar-refractivity contribution in [2.24, 2.45) is 0 Å². The lowest BCUT2D eigenvalue weighted by atomic mass is 10.1. The molecule has 0 bridgehead atoms. The van der Waals surface area contributed by atoms with Crippen LogP contribution in [0.15, 0.2) is 60.7 Å². The van der Waals surface area contributed by atoms with Crippen LogP contribution < -0.4 is 0 Å². The lowest BCUT2D eigenvalue weighted by Gasteiger charge is -1.99. The summed E-state index contributed by atoms with van der Waals surface area (Å²) in [6.45, 7) is 3.89. The Bertz CT molecular complexity index is 692. The number of aromatic hydroxyl groups is 2. The molecule has 0 saturated carbocycles. The Morgan fingerprint density at radius 2 is 1.25 bits per heavy atom. The van der Waals surface area contributed by atoms with Crippen LogP contribution in [0.1, 0.15) is 11.1 Å². The third kappa shape index (κ3) is 3.09. The zero-order chi connectivity index (χ0) is 14.5. The van der Waals surface area contributed by atoms with Gasteiger partial charge in [-0.1, -0.05) is 48.5 Å². The molecule has 0 atom stereocenters. The van der Waals surface area contributed by atoms with Crippen LogP contribution in [0.25, 0.3) is 10.8 Å². The van der Waals surface area contributed by atoms with Crippen LogP contribution in [0.3, 0.4) is 0 Å². The average Bonchev–Trinajstić information content (AvgIpc) is 2.46. The second-order valence-electron chi connectivity index (χ2n) is 4.72. The number of fused-ring (bicyclic) bond motifs is 1. The van der Waals surface area contributed by atoms with Gasteiger partial charge in [0.2, 0.25) is 0 Å². The largest absolute Gasteiger partial charge is 0.508 e. The van der Waals surface area contributed by atoms with Gasteiger partial charge in [0.25, 0.3) is 0 Å². The maximum atomic E-state index is 9.37. The van der Waals surface area contributed by atoms with E-state index >= 15 is 0 Å². The third-order valence-corrected chi connectivity index (χ3v) is 3.34. The van der Waals surface area contributed by atoms with Crippen LogP contribution in [-0.2, 0) is 0 Å². The van der Waals surface area contributed by atoms with Gasteiger partial charge in [-0.3, -0.25) is 0 Å². The second kappa shape index (κ2) is 6.11. The molecule has 0 aliphatic heterocycles. The first kappa shape index (κ1) is 13.9. The summed E-state index contributed by atoms with van der Waals surface area (Å²) in [6, 6.07) is 18.8. The topological polar surface area (TPSA) is 40.5 Å². The van der Waals surface area contributed by atoms with E-state index in [0.717, 1.165) is 21.9 Å². The van der Waals surface area contributed by atoms with Gasteiger partial charge in [0.1, 0.15) is 11.5 Å². The zero-order valence-corrected chi connectivity index (χ0v) is 11.7. The summed E-state index contributed by atoms with van der Waals surface area (Å²) in [4.78, 5) is 0. The van der Waals surface area contributed by atoms with Crippen molar-refractivity contribution < 1.29 is 10.2 Å². The van der Waals surface area contributed by atoms with Gasteiger partial charge >= 0.3 is 0 Å². The Labute approximate surface area is 118 Å². The van der Waals surface area contributed by atoms with Crippen LogP contribution in [0, 0.1) is 13.8 Å². The van der Waals surface area contributed by atoms with E-state index < -0.39 is 0 Å². The molecule has 2 N–H and O–H groups in total. The van der Waals surface area contributed by atoms with E-state index in [2.05, 4.69) is 0 Å². The number of hydrogen-bond donors (Lipinski definition) is 2. The van der Waals surface area contributed by atoms with Gasteiger partial charge in [0.15, 0.2) is 0 Å². The summed E-state index contributed by atoms with van der Waals surface area (Å²) in [5.74, 6) is 0.734. The molecular weight excluding hydrogens is 248 g/mol. The molecule has 2 heteroatoms. The van der Waals surface area contributed by atoms with E-state index in [9.17, 15) is 5.11 Å². The molecule has 20 heavy (non-hydrogen) atoms. The van der Waals surface area contributed by atoms with Crippen molar-refractivity contribution in [1.29, 1.82) is 0 Å². The number of benzene rings is 3. The van der Waals surface area contributed by atoms with Crippen LogP contribution in [-0.4, -0.2) is 10.2 Å². The van der Waals surface area contributed by atoms with Crippen molar-refractivity contribution in [1.82, 2.24) is 0 Å². The molecule has 102 valence electrons. The minimum atomic E-state index is 0.350. The maximum Gasteiger partial charge on any atom is 0.123 e. The summed E-state index contributed by atoms with van der Waals surface area (Å²) in [6.07, 6.45) is 0. The van der Waals surface area contributed by atoms with Gasteiger partial charge in [-0.2, -0.15) is 0 Å². The summed E-state index contributed by atoms with van der Waals surface area (Å²) >= 11 is 0. The minimum absolute atomic E-state index is 0.350. The summed E-state index contributed by atoms with van der Waals surface area (Å²) in [7, 11) is 0. The quantitative estimate of drug-likeness (QED) is 0.626. The van der Waals surface area contributed by atoms with Gasteiger partial charge in [0, 0.05) is 5.39 Å². The maximum absolute atomic E-state index is 9.37. The lowest BCUT2D eigenvalue weighted by molar-refractivity contribution is 0.470. The van der Waals surface area contributed by atoms with Gasteiger partial charge in [0.05, 0.1) is 0 Å². The predicted molar refractivity (Wildman–Crippen MR) is 83.2 cm³/mol. The Balaban J connectivity index is 0.000000151. The summed E-state index contributed by atoms with van der Waals surface area (Å²) in [5, 5.41) is 20.5. The van der Waals surface area contributed by atoms with Crippen LogP contribution in [0.2, 0.25) is 0 Å². The van der Waals surface area contributed by atoms with Crippen molar-refractivity contribution in [3.63, 3.8) is 0 Å². The van der Waals surface area contributed by atoms with E-state index in [1.54, 1.807) is 12.1 Å². The molecule has 0 aliphatic rings. The lowest BCUT2D eigenvalue weighted by Crippen LogP contribution is -1.78. The first-order valence-corrected chi connectivity index (χ1v) is 6.51. The molecule has 0 fully saturated rings. The monoisotopic (exact) mass is 266 g/mol. The molecule has 0 unspecified atom stereocenters. The van der Waals surface area contributed by atoms with Crippen molar-refractivity contribution in [3.05, 3.63) is 71.8 Å². The second-order valence-corrected chi connectivity index (χ2v) is 4.72. The number of rotatable bonds is 0. The van der Waals surface area contributed by atoms with Crippen LogP contribution in [0.4, 0.5) is 0 Å². The molecule has 0 amide bonds. The van der Waals surface area contributed by atoms with Crippen LogP contribution in [0.5, 0.6) is 11.5 Å². The van der Waals surface area contributed by atoms with Crippen molar-refractivity contribution in [2.75, 3.05) is 0 Å². The van der Waals surface area contributed by atoms with Gasteiger partial charge in [-0.15, -0.1) is 0 Å². The highest BCUT2D eigenvalue weighted by molar-refractivity contribution is 5.87. The van der Waals surface area contributed by atoms with Crippen LogP contribution >= 0.6 is 0 Å². The van der Waals surface area contributed by atoms with Crippen molar-refractivity contribution in [2.45, 2.75) is 13.8 Å². The molecule has 3 aromatic rings. The average molecular weight is 266 g/mol. The highest BCUT2D eigenvalue weighted by Gasteiger charge is 1.95. The fourth-order valence-electron chi connectivity index (χ4n) is 1.94. The normalized spacial score (nSPS) is 9.90. The Morgan fingerprint density at radius 1 is 0.650 bits per heavy atom. The fourth-order valence-corrected chi connectivity index (χ4v) is 1.94. The van der Waals surface area contributed by atoms with E-state index in [4.69, 9.17) is 5.11 Å². The molecular formula is C18H18O2.